The molecule has 1 spiro atoms. The number of hydrogen-bond donors (Lipinski definition) is 1. The van der Waals surface area contributed by atoms with Crippen molar-refractivity contribution in [3.8, 4) is 0 Å². The van der Waals surface area contributed by atoms with Crippen molar-refractivity contribution in [2.45, 2.75) is 37.5 Å². The quantitative estimate of drug-likeness (QED) is 0.609. The van der Waals surface area contributed by atoms with Gasteiger partial charge in [-0.25, -0.2) is 8.42 Å². The Hall–Kier alpha value is -0.970. The van der Waals surface area contributed by atoms with Gasteiger partial charge in [-0.2, -0.15) is 0 Å². The molecule has 1 saturated heterocycles. The van der Waals surface area contributed by atoms with Gasteiger partial charge in [0.15, 0.2) is 0 Å². The van der Waals surface area contributed by atoms with Crippen molar-refractivity contribution in [3.05, 3.63) is 32.6 Å². The van der Waals surface area contributed by atoms with Crippen LogP contribution in [-0.2, 0) is 24.9 Å². The standard InChI is InChI=1S/C20H30ClN3O4S2/c1-14-9-20(19-16(8-18(21)29-19)17(27-2)13-28-20)4-6-24(14)12-15(10-22)11-23-5-7-30(3,25)26/h8,10-11,14,17H,4-7,9,12-13,22H2,1-3H3/b15-10+,23-11?/t14-,17?,20+/m0/s1. The lowest BCUT2D eigenvalue weighted by Crippen LogP contribution is -2.51. The lowest BCUT2D eigenvalue weighted by Gasteiger charge is -2.48. The maximum absolute atomic E-state index is 11.2. The molecule has 2 aliphatic heterocycles. The van der Waals surface area contributed by atoms with Crippen LogP contribution in [0, 0.1) is 0 Å². The second-order valence-corrected chi connectivity index (χ2v) is 12.0. The van der Waals surface area contributed by atoms with E-state index in [1.165, 1.54) is 11.1 Å². The summed E-state index contributed by atoms with van der Waals surface area (Å²) in [5, 5.41) is 0. The molecule has 7 nitrogen and oxygen atoms in total. The van der Waals surface area contributed by atoms with E-state index in [0.29, 0.717) is 13.2 Å². The van der Waals surface area contributed by atoms with Gasteiger partial charge in [0.25, 0.3) is 0 Å². The number of piperidine rings is 1. The van der Waals surface area contributed by atoms with Crippen LogP contribution in [0.25, 0.3) is 0 Å². The van der Waals surface area contributed by atoms with E-state index in [-0.39, 0.29) is 30.0 Å². The molecule has 3 rings (SSSR count). The van der Waals surface area contributed by atoms with Crippen LogP contribution < -0.4 is 5.73 Å². The lowest BCUT2D eigenvalue weighted by atomic mass is 9.81. The Morgan fingerprint density at radius 2 is 2.33 bits per heavy atom. The molecule has 168 valence electrons. The molecule has 10 heteroatoms. The molecular weight excluding hydrogens is 446 g/mol. The van der Waals surface area contributed by atoms with E-state index in [9.17, 15) is 8.42 Å². The van der Waals surface area contributed by atoms with E-state index >= 15 is 0 Å². The number of rotatable bonds is 7. The minimum atomic E-state index is -3.02. The molecule has 1 unspecified atom stereocenters. The van der Waals surface area contributed by atoms with Gasteiger partial charge in [0.1, 0.15) is 21.5 Å². The lowest BCUT2D eigenvalue weighted by molar-refractivity contribution is -0.143. The first kappa shape index (κ1) is 23.7. The highest BCUT2D eigenvalue weighted by Gasteiger charge is 2.47. The molecule has 0 bridgehead atoms. The van der Waals surface area contributed by atoms with Gasteiger partial charge in [-0.15, -0.1) is 11.3 Å². The van der Waals surface area contributed by atoms with E-state index in [1.54, 1.807) is 30.9 Å². The van der Waals surface area contributed by atoms with Gasteiger partial charge in [-0.1, -0.05) is 11.6 Å². The number of ether oxygens (including phenoxy) is 2. The average Bonchev–Trinajstić information content (AvgIpc) is 3.08. The average molecular weight is 476 g/mol. The number of thiophene rings is 1. The molecule has 3 heterocycles. The van der Waals surface area contributed by atoms with Gasteiger partial charge < -0.3 is 15.2 Å². The van der Waals surface area contributed by atoms with Crippen LogP contribution in [0.4, 0.5) is 0 Å². The molecule has 0 amide bonds. The molecule has 1 aromatic rings. The number of fused-ring (bicyclic) bond motifs is 2. The molecule has 3 atom stereocenters. The molecule has 1 fully saturated rings. The van der Waals surface area contributed by atoms with Crippen LogP contribution in [0.5, 0.6) is 0 Å². The summed E-state index contributed by atoms with van der Waals surface area (Å²) in [4.78, 5) is 7.76. The van der Waals surface area contributed by atoms with Crippen molar-refractivity contribution >= 4 is 39.0 Å². The molecular formula is C20H30ClN3O4S2. The Bertz CT molecular complexity index is 915. The van der Waals surface area contributed by atoms with Gasteiger partial charge in [-0.05, 0) is 37.6 Å². The van der Waals surface area contributed by atoms with E-state index in [2.05, 4.69) is 16.8 Å². The minimum absolute atomic E-state index is 0.0372. The summed E-state index contributed by atoms with van der Waals surface area (Å²) in [6, 6.07) is 2.28. The molecule has 0 aliphatic carbocycles. The highest BCUT2D eigenvalue weighted by atomic mass is 35.5. The number of nitrogens with zero attached hydrogens (tertiary/aromatic N) is 2. The Balaban J connectivity index is 1.66. The SMILES string of the molecule is COC1CO[C@@]2(CCN(C/C(C=NCCS(C)(=O)=O)=C/N)[C@@H](C)C2)c2sc(Cl)cc21. The molecule has 0 aromatic carbocycles. The second-order valence-electron chi connectivity index (χ2n) is 8.04. The van der Waals surface area contributed by atoms with E-state index in [1.807, 2.05) is 6.07 Å². The summed E-state index contributed by atoms with van der Waals surface area (Å²) >= 11 is 7.93. The van der Waals surface area contributed by atoms with Gasteiger partial charge in [0, 0.05) is 49.2 Å². The zero-order valence-corrected chi connectivity index (χ0v) is 20.0. The number of hydrogen-bond acceptors (Lipinski definition) is 8. The predicted octanol–water partition coefficient (Wildman–Crippen LogP) is 2.76. The van der Waals surface area contributed by atoms with Gasteiger partial charge in [0.2, 0.25) is 0 Å². The van der Waals surface area contributed by atoms with Crippen molar-refractivity contribution in [1.82, 2.24) is 4.90 Å². The molecule has 0 saturated carbocycles. The van der Waals surface area contributed by atoms with Gasteiger partial charge >= 0.3 is 0 Å². The summed E-state index contributed by atoms with van der Waals surface area (Å²) in [6.45, 7) is 4.48. The summed E-state index contributed by atoms with van der Waals surface area (Å²) < 4.78 is 35.2. The third-order valence-electron chi connectivity index (χ3n) is 5.79. The van der Waals surface area contributed by atoms with Crippen molar-refractivity contribution < 1.29 is 17.9 Å². The van der Waals surface area contributed by atoms with Crippen molar-refractivity contribution in [2.75, 3.05) is 45.4 Å². The fraction of sp³-hybridized carbons (Fsp3) is 0.650. The van der Waals surface area contributed by atoms with E-state index < -0.39 is 9.84 Å². The Kier molecular flexibility index (Phi) is 7.63. The number of methoxy groups -OCH3 is 1. The first-order valence-corrected chi connectivity index (χ1v) is 13.2. The highest BCUT2D eigenvalue weighted by molar-refractivity contribution is 7.90. The minimum Gasteiger partial charge on any atom is -0.404 e. The summed E-state index contributed by atoms with van der Waals surface area (Å²) in [6.07, 6.45) is 6.08. The molecule has 0 radical (unpaired) electrons. The Morgan fingerprint density at radius 3 is 2.97 bits per heavy atom. The Labute approximate surface area is 187 Å². The monoisotopic (exact) mass is 475 g/mol. The third kappa shape index (κ3) is 5.44. The summed E-state index contributed by atoms with van der Waals surface area (Å²) in [5.74, 6) is 0.0372. The van der Waals surface area contributed by atoms with Crippen molar-refractivity contribution in [3.63, 3.8) is 0 Å². The zero-order chi connectivity index (χ0) is 21.9. The smallest absolute Gasteiger partial charge is 0.149 e. The Morgan fingerprint density at radius 1 is 1.57 bits per heavy atom. The number of aliphatic imine (C=N–C) groups is 1. The van der Waals surface area contributed by atoms with E-state index in [0.717, 1.165) is 34.9 Å². The van der Waals surface area contributed by atoms with Crippen LogP contribution >= 0.6 is 22.9 Å². The third-order valence-corrected chi connectivity index (χ3v) is 8.18. The highest BCUT2D eigenvalue weighted by Crippen LogP contribution is 2.50. The molecule has 2 aliphatic rings. The molecule has 30 heavy (non-hydrogen) atoms. The van der Waals surface area contributed by atoms with Gasteiger partial charge in [-0.3, -0.25) is 9.89 Å². The molecule has 1 aromatic heterocycles. The maximum Gasteiger partial charge on any atom is 0.149 e. The van der Waals surface area contributed by atoms with Crippen LogP contribution in [-0.4, -0.2) is 70.9 Å². The first-order valence-electron chi connectivity index (χ1n) is 9.96. The van der Waals surface area contributed by atoms with Crippen LogP contribution in [0.1, 0.15) is 36.3 Å². The van der Waals surface area contributed by atoms with Gasteiger partial charge in [0.05, 0.1) is 23.2 Å². The van der Waals surface area contributed by atoms with Crippen molar-refractivity contribution in [2.24, 2.45) is 10.7 Å². The van der Waals surface area contributed by atoms with E-state index in [4.69, 9.17) is 26.8 Å². The largest absolute Gasteiger partial charge is 0.404 e. The van der Waals surface area contributed by atoms with Crippen LogP contribution in [0.3, 0.4) is 0 Å². The number of sulfone groups is 1. The number of nitrogens with two attached hydrogens (primary N) is 1. The normalized spacial score (nSPS) is 28.3. The van der Waals surface area contributed by atoms with Crippen LogP contribution in [0.15, 0.2) is 22.8 Å². The number of halogens is 1. The first-order chi connectivity index (χ1) is 14.2. The summed E-state index contributed by atoms with van der Waals surface area (Å²) in [5.41, 5.74) is 7.48. The predicted molar refractivity (Wildman–Crippen MR) is 122 cm³/mol. The summed E-state index contributed by atoms with van der Waals surface area (Å²) in [7, 11) is -1.32. The van der Waals surface area contributed by atoms with Crippen molar-refractivity contribution in [1.29, 1.82) is 0 Å². The van der Waals surface area contributed by atoms with Crippen LogP contribution in [0.2, 0.25) is 4.34 Å². The fourth-order valence-electron chi connectivity index (χ4n) is 4.15. The fourth-order valence-corrected chi connectivity index (χ4v) is 6.06. The number of likely N-dealkylation sites (tertiary alicyclic amines) is 1. The second kappa shape index (κ2) is 9.67. The maximum atomic E-state index is 11.2. The zero-order valence-electron chi connectivity index (χ0n) is 17.6. The molecule has 2 N–H and O–H groups in total. The topological polar surface area (TPSA) is 94.2 Å².